The van der Waals surface area contributed by atoms with Gasteiger partial charge in [-0.1, -0.05) is 0 Å². The van der Waals surface area contributed by atoms with Crippen molar-refractivity contribution >= 4 is 17.7 Å². The van der Waals surface area contributed by atoms with E-state index >= 15 is 0 Å². The molecule has 1 amide bonds. The summed E-state index contributed by atoms with van der Waals surface area (Å²) in [6, 6.07) is 1.52. The summed E-state index contributed by atoms with van der Waals surface area (Å²) < 4.78 is 4.48. The second kappa shape index (κ2) is 5.54. The predicted octanol–water partition coefficient (Wildman–Crippen LogP) is 0.287. The Morgan fingerprint density at radius 3 is 2.94 bits per heavy atom. The van der Waals surface area contributed by atoms with Crippen LogP contribution in [0.15, 0.2) is 18.5 Å². The maximum absolute atomic E-state index is 10.8. The number of nitrogens with two attached hydrogens (primary N) is 1. The van der Waals surface area contributed by atoms with Gasteiger partial charge in [-0.05, 0) is 6.07 Å². The Hall–Kier alpha value is -2.31. The second-order valence-electron chi connectivity index (χ2n) is 2.82. The van der Waals surface area contributed by atoms with Crippen molar-refractivity contribution in [2.45, 2.75) is 0 Å². The number of nitrogens with zero attached hydrogens (tertiary/aromatic N) is 1. The number of pyridine rings is 1. The Labute approximate surface area is 91.2 Å². The van der Waals surface area contributed by atoms with Crippen LogP contribution < -0.4 is 11.1 Å². The molecule has 0 aliphatic rings. The number of rotatable bonds is 5. The molecule has 0 aliphatic carbocycles. The van der Waals surface area contributed by atoms with Crippen molar-refractivity contribution in [2.24, 2.45) is 5.73 Å². The molecule has 16 heavy (non-hydrogen) atoms. The molecular formula is C9H11N3O4. The molecule has 86 valence electrons. The summed E-state index contributed by atoms with van der Waals surface area (Å²) in [4.78, 5) is 24.7. The maximum Gasteiger partial charge on any atom is 0.404 e. The average Bonchev–Trinajstić information content (AvgIpc) is 2.24. The zero-order valence-electron chi connectivity index (χ0n) is 8.34. The second-order valence-corrected chi connectivity index (χ2v) is 2.82. The number of anilines is 1. The minimum Gasteiger partial charge on any atom is -0.478 e. The summed E-state index contributed by atoms with van der Waals surface area (Å²) in [7, 11) is 0. The van der Waals surface area contributed by atoms with Gasteiger partial charge in [0.2, 0.25) is 0 Å². The fourth-order valence-corrected chi connectivity index (χ4v) is 1.06. The molecule has 0 unspecified atom stereocenters. The summed E-state index contributed by atoms with van der Waals surface area (Å²) in [5.74, 6) is -1.08. The van der Waals surface area contributed by atoms with Crippen LogP contribution >= 0.6 is 0 Å². The van der Waals surface area contributed by atoms with Crippen molar-refractivity contribution in [2.75, 3.05) is 18.5 Å². The van der Waals surface area contributed by atoms with E-state index in [4.69, 9.17) is 10.8 Å². The highest BCUT2D eigenvalue weighted by molar-refractivity contribution is 5.93. The lowest BCUT2D eigenvalue weighted by atomic mass is 10.2. The van der Waals surface area contributed by atoms with Gasteiger partial charge in [0.05, 0.1) is 5.69 Å². The van der Waals surface area contributed by atoms with E-state index in [1.807, 2.05) is 0 Å². The fraction of sp³-hybridized carbons (Fsp3) is 0.222. The zero-order chi connectivity index (χ0) is 12.0. The molecule has 0 saturated heterocycles. The molecule has 0 radical (unpaired) electrons. The molecule has 1 heterocycles. The molecule has 0 saturated carbocycles. The van der Waals surface area contributed by atoms with Gasteiger partial charge in [0.15, 0.2) is 0 Å². The number of hydrogen-bond acceptors (Lipinski definition) is 5. The highest BCUT2D eigenvalue weighted by atomic mass is 16.5. The molecule has 1 rings (SSSR count). The molecular weight excluding hydrogens is 214 g/mol. The lowest BCUT2D eigenvalue weighted by Gasteiger charge is -2.08. The van der Waals surface area contributed by atoms with Crippen LogP contribution in [0.4, 0.5) is 10.5 Å². The Morgan fingerprint density at radius 1 is 1.56 bits per heavy atom. The van der Waals surface area contributed by atoms with E-state index in [2.05, 4.69) is 15.0 Å². The highest BCUT2D eigenvalue weighted by Gasteiger charge is 2.08. The third-order valence-electron chi connectivity index (χ3n) is 1.71. The van der Waals surface area contributed by atoms with Crippen LogP contribution in [0.3, 0.4) is 0 Å². The van der Waals surface area contributed by atoms with Crippen LogP contribution in [0, 0.1) is 0 Å². The summed E-state index contributed by atoms with van der Waals surface area (Å²) in [6.07, 6.45) is 1.83. The summed E-state index contributed by atoms with van der Waals surface area (Å²) in [5.41, 5.74) is 5.23. The van der Waals surface area contributed by atoms with Gasteiger partial charge in [0, 0.05) is 18.9 Å². The van der Waals surface area contributed by atoms with Crippen LogP contribution in [0.1, 0.15) is 10.4 Å². The monoisotopic (exact) mass is 225 g/mol. The number of nitrogens with one attached hydrogen (secondary N) is 1. The quantitative estimate of drug-likeness (QED) is 0.620. The van der Waals surface area contributed by atoms with Crippen molar-refractivity contribution in [1.82, 2.24) is 4.98 Å². The number of aromatic nitrogens is 1. The molecule has 0 bridgehead atoms. The van der Waals surface area contributed by atoms with Crippen LogP contribution in [-0.2, 0) is 4.74 Å². The Kier molecular flexibility index (Phi) is 4.07. The van der Waals surface area contributed by atoms with Gasteiger partial charge in [-0.2, -0.15) is 0 Å². The predicted molar refractivity (Wildman–Crippen MR) is 55.2 cm³/mol. The first-order valence-electron chi connectivity index (χ1n) is 4.44. The Bertz CT molecular complexity index is 394. The zero-order valence-corrected chi connectivity index (χ0v) is 8.34. The van der Waals surface area contributed by atoms with Crippen molar-refractivity contribution in [3.05, 3.63) is 24.0 Å². The molecule has 0 atom stereocenters. The van der Waals surface area contributed by atoms with Crippen LogP contribution in [0.2, 0.25) is 0 Å². The van der Waals surface area contributed by atoms with Crippen molar-refractivity contribution < 1.29 is 19.4 Å². The Balaban J connectivity index is 2.53. The molecule has 0 aromatic carbocycles. The van der Waals surface area contributed by atoms with Gasteiger partial charge >= 0.3 is 12.1 Å². The number of hydrogen-bond donors (Lipinski definition) is 3. The lowest BCUT2D eigenvalue weighted by Crippen LogP contribution is -2.19. The van der Waals surface area contributed by atoms with E-state index in [9.17, 15) is 9.59 Å². The lowest BCUT2D eigenvalue weighted by molar-refractivity contribution is 0.0697. The summed E-state index contributed by atoms with van der Waals surface area (Å²) in [5, 5.41) is 11.6. The molecule has 1 aromatic heterocycles. The number of aromatic carboxylic acids is 1. The topological polar surface area (TPSA) is 115 Å². The van der Waals surface area contributed by atoms with Gasteiger partial charge < -0.3 is 20.9 Å². The number of primary amides is 1. The summed E-state index contributed by atoms with van der Waals surface area (Å²) in [6.45, 7) is 0.337. The van der Waals surface area contributed by atoms with E-state index in [0.717, 1.165) is 0 Å². The number of ether oxygens (including phenoxy) is 1. The third kappa shape index (κ3) is 3.45. The normalized spacial score (nSPS) is 9.50. The average molecular weight is 225 g/mol. The highest BCUT2D eigenvalue weighted by Crippen LogP contribution is 2.12. The van der Waals surface area contributed by atoms with Crippen LogP contribution in [0.25, 0.3) is 0 Å². The molecule has 4 N–H and O–H groups in total. The van der Waals surface area contributed by atoms with E-state index in [1.165, 1.54) is 18.5 Å². The molecule has 0 spiro atoms. The standard InChI is InChI=1S/C9H11N3O4/c10-9(15)16-4-3-12-7-1-2-11-5-6(7)8(13)14/h1-2,5H,3-4H2,(H2,10,15)(H,11,12)(H,13,14). The van der Waals surface area contributed by atoms with E-state index < -0.39 is 12.1 Å². The van der Waals surface area contributed by atoms with Crippen LogP contribution in [-0.4, -0.2) is 35.3 Å². The van der Waals surface area contributed by atoms with Crippen LogP contribution in [0.5, 0.6) is 0 Å². The molecule has 0 aliphatic heterocycles. The minimum absolute atomic E-state index is 0.0570. The van der Waals surface area contributed by atoms with Gasteiger partial charge in [0.1, 0.15) is 12.2 Å². The van der Waals surface area contributed by atoms with Crippen molar-refractivity contribution in [3.63, 3.8) is 0 Å². The van der Waals surface area contributed by atoms with E-state index in [1.54, 1.807) is 0 Å². The number of amides is 1. The fourth-order valence-electron chi connectivity index (χ4n) is 1.06. The number of carbonyl (C=O) groups excluding carboxylic acids is 1. The number of carboxylic acids is 1. The van der Waals surface area contributed by atoms with Gasteiger partial charge in [0.25, 0.3) is 0 Å². The summed E-state index contributed by atoms with van der Waals surface area (Å²) >= 11 is 0. The number of carboxylic acid groups (broad SMARTS) is 1. The van der Waals surface area contributed by atoms with E-state index in [0.29, 0.717) is 5.69 Å². The van der Waals surface area contributed by atoms with Gasteiger partial charge in [-0.25, -0.2) is 9.59 Å². The molecule has 1 aromatic rings. The minimum atomic E-state index is -1.08. The third-order valence-corrected chi connectivity index (χ3v) is 1.71. The smallest absolute Gasteiger partial charge is 0.404 e. The first-order chi connectivity index (χ1) is 7.61. The van der Waals surface area contributed by atoms with Gasteiger partial charge in [-0.15, -0.1) is 0 Å². The molecule has 0 fully saturated rings. The number of carbonyl (C=O) groups is 2. The first kappa shape index (κ1) is 11.8. The largest absolute Gasteiger partial charge is 0.478 e. The van der Waals surface area contributed by atoms with Gasteiger partial charge in [-0.3, -0.25) is 4.98 Å². The van der Waals surface area contributed by atoms with Crippen molar-refractivity contribution in [1.29, 1.82) is 0 Å². The first-order valence-corrected chi connectivity index (χ1v) is 4.44. The SMILES string of the molecule is NC(=O)OCCNc1ccncc1C(=O)O. The molecule has 7 nitrogen and oxygen atoms in total. The molecule has 7 heteroatoms. The van der Waals surface area contributed by atoms with Crippen molar-refractivity contribution in [3.8, 4) is 0 Å². The Morgan fingerprint density at radius 2 is 2.31 bits per heavy atom. The maximum atomic E-state index is 10.8. The van der Waals surface area contributed by atoms with E-state index in [-0.39, 0.29) is 18.7 Å².